The number of aliphatic hydroxyl groups is 5. The largest absolute Gasteiger partial charge is 0.451 e. The molecule has 0 aliphatic rings. The molecule has 0 aliphatic carbocycles. The SMILES string of the molecule is OCC(O)C(O)C(O)C(O)c1cocn1. The third-order valence-corrected chi connectivity index (χ3v) is 2.01. The first-order valence-electron chi connectivity index (χ1n) is 4.29. The van der Waals surface area contributed by atoms with E-state index in [1.165, 1.54) is 0 Å². The van der Waals surface area contributed by atoms with Gasteiger partial charge in [0.2, 0.25) is 0 Å². The Kier molecular flexibility index (Phi) is 4.18. The van der Waals surface area contributed by atoms with Crippen LogP contribution < -0.4 is 0 Å². The van der Waals surface area contributed by atoms with E-state index in [0.717, 1.165) is 12.7 Å². The molecule has 4 unspecified atom stereocenters. The Hall–Kier alpha value is -0.990. The molecule has 0 fully saturated rings. The Labute approximate surface area is 85.2 Å². The summed E-state index contributed by atoms with van der Waals surface area (Å²) in [6.45, 7) is -0.718. The third-order valence-electron chi connectivity index (χ3n) is 2.01. The first-order chi connectivity index (χ1) is 7.07. The van der Waals surface area contributed by atoms with Gasteiger partial charge < -0.3 is 29.9 Å². The normalized spacial score (nSPS) is 19.5. The second-order valence-corrected chi connectivity index (χ2v) is 3.09. The molecule has 0 saturated heterocycles. The van der Waals surface area contributed by atoms with Crippen LogP contribution in [-0.4, -0.2) is 55.4 Å². The Morgan fingerprint density at radius 2 is 1.87 bits per heavy atom. The molecule has 0 aromatic carbocycles. The molecule has 0 bridgehead atoms. The summed E-state index contributed by atoms with van der Waals surface area (Å²) in [5.74, 6) is 0. The van der Waals surface area contributed by atoms with E-state index in [1.54, 1.807) is 0 Å². The van der Waals surface area contributed by atoms with Gasteiger partial charge in [-0.15, -0.1) is 0 Å². The van der Waals surface area contributed by atoms with Gasteiger partial charge in [-0.25, -0.2) is 4.98 Å². The van der Waals surface area contributed by atoms with Crippen LogP contribution in [0.3, 0.4) is 0 Å². The van der Waals surface area contributed by atoms with E-state index in [2.05, 4.69) is 9.40 Å². The average molecular weight is 219 g/mol. The van der Waals surface area contributed by atoms with Crippen molar-refractivity contribution in [3.63, 3.8) is 0 Å². The molecule has 0 saturated carbocycles. The fraction of sp³-hybridized carbons (Fsp3) is 0.625. The van der Waals surface area contributed by atoms with Crippen LogP contribution in [0.15, 0.2) is 17.1 Å². The highest BCUT2D eigenvalue weighted by atomic mass is 16.4. The van der Waals surface area contributed by atoms with Crippen molar-refractivity contribution in [1.82, 2.24) is 4.98 Å². The van der Waals surface area contributed by atoms with Gasteiger partial charge >= 0.3 is 0 Å². The van der Waals surface area contributed by atoms with Gasteiger partial charge in [-0.2, -0.15) is 0 Å². The highest BCUT2D eigenvalue weighted by Gasteiger charge is 2.31. The Bertz CT molecular complexity index is 277. The lowest BCUT2D eigenvalue weighted by molar-refractivity contribution is -0.117. The van der Waals surface area contributed by atoms with Crippen molar-refractivity contribution in [2.75, 3.05) is 6.61 Å². The summed E-state index contributed by atoms with van der Waals surface area (Å²) in [5.41, 5.74) is 0.0340. The molecule has 15 heavy (non-hydrogen) atoms. The molecule has 7 heteroatoms. The molecule has 1 heterocycles. The standard InChI is InChI=1S/C8H13NO6/c10-1-5(11)7(13)8(14)6(12)4-2-15-3-9-4/h2-3,5-8,10-14H,1H2. The van der Waals surface area contributed by atoms with Crippen LogP contribution in [0.2, 0.25) is 0 Å². The summed E-state index contributed by atoms with van der Waals surface area (Å²) in [5, 5.41) is 45.7. The predicted molar refractivity (Wildman–Crippen MR) is 46.6 cm³/mol. The van der Waals surface area contributed by atoms with Gasteiger partial charge in [0.1, 0.15) is 36.4 Å². The Morgan fingerprint density at radius 3 is 2.33 bits per heavy atom. The van der Waals surface area contributed by atoms with E-state index in [0.29, 0.717) is 0 Å². The third kappa shape index (κ3) is 2.74. The van der Waals surface area contributed by atoms with Crippen LogP contribution in [0, 0.1) is 0 Å². The van der Waals surface area contributed by atoms with Crippen molar-refractivity contribution >= 4 is 0 Å². The number of hydrogen-bond donors (Lipinski definition) is 5. The van der Waals surface area contributed by atoms with Crippen LogP contribution in [0.25, 0.3) is 0 Å². The van der Waals surface area contributed by atoms with Crippen molar-refractivity contribution < 1.29 is 29.9 Å². The second kappa shape index (κ2) is 5.19. The monoisotopic (exact) mass is 219 g/mol. The van der Waals surface area contributed by atoms with Gasteiger partial charge in [-0.3, -0.25) is 0 Å². The van der Waals surface area contributed by atoms with E-state index >= 15 is 0 Å². The Balaban J connectivity index is 2.64. The fourth-order valence-electron chi connectivity index (χ4n) is 1.07. The zero-order chi connectivity index (χ0) is 11.4. The lowest BCUT2D eigenvalue weighted by Crippen LogP contribution is -2.42. The molecule has 1 rings (SSSR count). The molecule has 1 aromatic heterocycles. The van der Waals surface area contributed by atoms with E-state index < -0.39 is 31.0 Å². The lowest BCUT2D eigenvalue weighted by Gasteiger charge is -2.24. The van der Waals surface area contributed by atoms with Gasteiger partial charge in [0.05, 0.1) is 6.61 Å². The molecule has 0 aliphatic heterocycles. The zero-order valence-electron chi connectivity index (χ0n) is 7.76. The molecule has 7 nitrogen and oxygen atoms in total. The number of aromatic nitrogens is 1. The minimum atomic E-state index is -1.67. The number of hydrogen-bond acceptors (Lipinski definition) is 7. The molecule has 0 amide bonds. The maximum atomic E-state index is 9.47. The van der Waals surface area contributed by atoms with E-state index in [4.69, 9.17) is 10.2 Å². The van der Waals surface area contributed by atoms with E-state index in [1.807, 2.05) is 0 Å². The maximum Gasteiger partial charge on any atom is 0.180 e. The van der Waals surface area contributed by atoms with Crippen LogP contribution in [-0.2, 0) is 0 Å². The quantitative estimate of drug-likeness (QED) is 0.379. The van der Waals surface area contributed by atoms with Gasteiger partial charge in [-0.1, -0.05) is 0 Å². The smallest absolute Gasteiger partial charge is 0.180 e. The molecular formula is C8H13NO6. The minimum absolute atomic E-state index is 0.0340. The van der Waals surface area contributed by atoms with Gasteiger partial charge in [-0.05, 0) is 0 Å². The number of nitrogens with zero attached hydrogens (tertiary/aromatic N) is 1. The highest BCUT2D eigenvalue weighted by Crippen LogP contribution is 2.18. The van der Waals surface area contributed by atoms with E-state index in [-0.39, 0.29) is 5.69 Å². The van der Waals surface area contributed by atoms with Crippen molar-refractivity contribution in [3.8, 4) is 0 Å². The summed E-state index contributed by atoms with van der Waals surface area (Å²) < 4.78 is 4.58. The maximum absolute atomic E-state index is 9.47. The number of aliphatic hydroxyl groups excluding tert-OH is 5. The van der Waals surface area contributed by atoms with Gasteiger partial charge in [0.25, 0.3) is 0 Å². The van der Waals surface area contributed by atoms with Crippen LogP contribution in [0.5, 0.6) is 0 Å². The Morgan fingerprint density at radius 1 is 1.20 bits per heavy atom. The summed E-state index contributed by atoms with van der Waals surface area (Å²) in [4.78, 5) is 3.57. The highest BCUT2D eigenvalue weighted by molar-refractivity contribution is 5.00. The first-order valence-corrected chi connectivity index (χ1v) is 4.29. The van der Waals surface area contributed by atoms with Crippen molar-refractivity contribution in [3.05, 3.63) is 18.4 Å². The fourth-order valence-corrected chi connectivity index (χ4v) is 1.07. The van der Waals surface area contributed by atoms with Crippen LogP contribution >= 0.6 is 0 Å². The second-order valence-electron chi connectivity index (χ2n) is 3.09. The van der Waals surface area contributed by atoms with Crippen molar-refractivity contribution in [1.29, 1.82) is 0 Å². The number of oxazole rings is 1. The summed E-state index contributed by atoms with van der Waals surface area (Å²) in [7, 11) is 0. The number of rotatable bonds is 5. The molecule has 0 spiro atoms. The summed E-state index contributed by atoms with van der Waals surface area (Å²) in [6, 6.07) is 0. The molecule has 0 radical (unpaired) electrons. The predicted octanol–water partition coefficient (Wildman–Crippen LogP) is -2.22. The average Bonchev–Trinajstić information content (AvgIpc) is 2.78. The summed E-state index contributed by atoms with van der Waals surface area (Å²) >= 11 is 0. The molecule has 5 N–H and O–H groups in total. The molecule has 86 valence electrons. The molecule has 4 atom stereocenters. The van der Waals surface area contributed by atoms with Gasteiger partial charge in [0.15, 0.2) is 6.39 Å². The van der Waals surface area contributed by atoms with Crippen LogP contribution in [0.4, 0.5) is 0 Å². The van der Waals surface area contributed by atoms with Gasteiger partial charge in [0, 0.05) is 0 Å². The summed E-state index contributed by atoms with van der Waals surface area (Å²) in [6.07, 6.45) is -4.17. The van der Waals surface area contributed by atoms with E-state index in [9.17, 15) is 15.3 Å². The minimum Gasteiger partial charge on any atom is -0.451 e. The first kappa shape index (κ1) is 12.1. The molecular weight excluding hydrogens is 206 g/mol. The lowest BCUT2D eigenvalue weighted by atomic mass is 10.0. The topological polar surface area (TPSA) is 127 Å². The van der Waals surface area contributed by atoms with Crippen molar-refractivity contribution in [2.24, 2.45) is 0 Å². The zero-order valence-corrected chi connectivity index (χ0v) is 7.76. The molecule has 1 aromatic rings. The van der Waals surface area contributed by atoms with Crippen molar-refractivity contribution in [2.45, 2.75) is 24.4 Å². The van der Waals surface area contributed by atoms with Crippen LogP contribution in [0.1, 0.15) is 11.8 Å².